The Morgan fingerprint density at radius 2 is 2.10 bits per heavy atom. The molecule has 110 valence electrons. The first-order chi connectivity index (χ1) is 9.56. The van der Waals surface area contributed by atoms with Crippen molar-refractivity contribution in [2.24, 2.45) is 5.73 Å². The summed E-state index contributed by atoms with van der Waals surface area (Å²) in [5, 5.41) is 2.92. The number of hydrogen-bond donors (Lipinski definition) is 2. The number of nitrogens with one attached hydrogen (secondary N) is 1. The lowest BCUT2D eigenvalue weighted by Crippen LogP contribution is -2.48. The third-order valence-electron chi connectivity index (χ3n) is 3.31. The van der Waals surface area contributed by atoms with Crippen LogP contribution in [0.1, 0.15) is 19.4 Å². The Kier molecular flexibility index (Phi) is 5.11. The molecule has 1 saturated heterocycles. The summed E-state index contributed by atoms with van der Waals surface area (Å²) in [5.74, 6) is 0.000437. The molecule has 5 heteroatoms. The van der Waals surface area contributed by atoms with Crippen LogP contribution in [0.3, 0.4) is 0 Å². The first-order valence-electron chi connectivity index (χ1n) is 7.03. The molecule has 1 heterocycles. The molecule has 0 aliphatic carbocycles. The lowest BCUT2D eigenvalue weighted by Gasteiger charge is -2.34. The number of carbonyl (C=O) groups is 1. The maximum atomic E-state index is 12.1. The molecule has 1 aliphatic heterocycles. The Labute approximate surface area is 120 Å². The number of nitrogens with zero attached hydrogens (tertiary/aromatic N) is 1. The van der Waals surface area contributed by atoms with E-state index in [0.717, 1.165) is 24.3 Å². The lowest BCUT2D eigenvalue weighted by atomic mass is 10.2. The van der Waals surface area contributed by atoms with Crippen molar-refractivity contribution in [2.75, 3.05) is 25.0 Å². The molecular weight excluding hydrogens is 254 g/mol. The molecule has 1 amide bonds. The van der Waals surface area contributed by atoms with Gasteiger partial charge in [-0.25, -0.2) is 0 Å². The van der Waals surface area contributed by atoms with Gasteiger partial charge in [0.05, 0.1) is 18.8 Å². The van der Waals surface area contributed by atoms with Crippen molar-refractivity contribution in [2.45, 2.75) is 32.6 Å². The number of amides is 1. The van der Waals surface area contributed by atoms with E-state index < -0.39 is 0 Å². The maximum absolute atomic E-state index is 12.1. The zero-order valence-electron chi connectivity index (χ0n) is 12.1. The Morgan fingerprint density at radius 1 is 1.40 bits per heavy atom. The minimum Gasteiger partial charge on any atom is -0.373 e. The van der Waals surface area contributed by atoms with Gasteiger partial charge in [-0.05, 0) is 31.5 Å². The zero-order valence-corrected chi connectivity index (χ0v) is 12.1. The molecule has 0 unspecified atom stereocenters. The molecular formula is C15H23N3O2. The predicted octanol–water partition coefficient (Wildman–Crippen LogP) is 1.19. The molecule has 2 rings (SSSR count). The number of rotatable bonds is 4. The largest absolute Gasteiger partial charge is 0.373 e. The van der Waals surface area contributed by atoms with Crippen molar-refractivity contribution < 1.29 is 9.53 Å². The molecule has 0 saturated carbocycles. The van der Waals surface area contributed by atoms with E-state index >= 15 is 0 Å². The summed E-state index contributed by atoms with van der Waals surface area (Å²) in [4.78, 5) is 14.2. The van der Waals surface area contributed by atoms with Crippen LogP contribution < -0.4 is 11.1 Å². The van der Waals surface area contributed by atoms with Crippen LogP contribution in [0.2, 0.25) is 0 Å². The second kappa shape index (κ2) is 6.83. The van der Waals surface area contributed by atoms with Crippen molar-refractivity contribution in [3.05, 3.63) is 29.8 Å². The number of benzene rings is 1. The predicted molar refractivity (Wildman–Crippen MR) is 79.4 cm³/mol. The molecule has 1 fully saturated rings. The van der Waals surface area contributed by atoms with Crippen molar-refractivity contribution in [1.29, 1.82) is 0 Å². The fourth-order valence-corrected chi connectivity index (χ4v) is 2.59. The summed E-state index contributed by atoms with van der Waals surface area (Å²) in [6.07, 6.45) is 0.347. The highest BCUT2D eigenvalue weighted by atomic mass is 16.5. The molecule has 0 bridgehead atoms. The summed E-state index contributed by atoms with van der Waals surface area (Å²) in [7, 11) is 0. The van der Waals surface area contributed by atoms with Crippen LogP contribution in [0.25, 0.3) is 0 Å². The average molecular weight is 277 g/mol. The van der Waals surface area contributed by atoms with Gasteiger partial charge in [0.2, 0.25) is 5.91 Å². The number of carbonyl (C=O) groups excluding carboxylic acids is 1. The van der Waals surface area contributed by atoms with E-state index in [4.69, 9.17) is 10.5 Å². The van der Waals surface area contributed by atoms with Crippen molar-refractivity contribution in [3.63, 3.8) is 0 Å². The van der Waals surface area contributed by atoms with Crippen LogP contribution in [0, 0.1) is 0 Å². The van der Waals surface area contributed by atoms with Crippen molar-refractivity contribution >= 4 is 11.6 Å². The van der Waals surface area contributed by atoms with E-state index in [1.807, 2.05) is 38.1 Å². The Morgan fingerprint density at radius 3 is 2.75 bits per heavy atom. The minimum atomic E-state index is 0.000437. The monoisotopic (exact) mass is 277 g/mol. The quantitative estimate of drug-likeness (QED) is 0.867. The van der Waals surface area contributed by atoms with E-state index in [9.17, 15) is 4.79 Å². The highest BCUT2D eigenvalue weighted by Gasteiger charge is 2.23. The summed E-state index contributed by atoms with van der Waals surface area (Å²) < 4.78 is 5.66. The van der Waals surface area contributed by atoms with Gasteiger partial charge in [0.25, 0.3) is 0 Å². The van der Waals surface area contributed by atoms with E-state index in [2.05, 4.69) is 10.2 Å². The first kappa shape index (κ1) is 15.0. The van der Waals surface area contributed by atoms with Gasteiger partial charge in [-0.1, -0.05) is 12.1 Å². The molecule has 20 heavy (non-hydrogen) atoms. The number of nitrogens with two attached hydrogens (primary N) is 1. The molecule has 0 spiro atoms. The minimum absolute atomic E-state index is 0.000437. The van der Waals surface area contributed by atoms with Crippen LogP contribution >= 0.6 is 0 Å². The normalized spacial score (nSPS) is 23.6. The van der Waals surface area contributed by atoms with Gasteiger partial charge >= 0.3 is 0 Å². The molecule has 1 aromatic carbocycles. The van der Waals surface area contributed by atoms with Crippen LogP contribution in [-0.2, 0) is 16.1 Å². The van der Waals surface area contributed by atoms with Crippen LogP contribution in [0.5, 0.6) is 0 Å². The van der Waals surface area contributed by atoms with E-state index in [1.54, 1.807) is 0 Å². The van der Waals surface area contributed by atoms with Crippen LogP contribution in [0.15, 0.2) is 24.3 Å². The Balaban J connectivity index is 1.88. The smallest absolute Gasteiger partial charge is 0.238 e. The molecule has 3 N–H and O–H groups in total. The Hall–Kier alpha value is -1.43. The van der Waals surface area contributed by atoms with Crippen LogP contribution in [0.4, 0.5) is 5.69 Å². The van der Waals surface area contributed by atoms with Gasteiger partial charge in [0.15, 0.2) is 0 Å². The average Bonchev–Trinajstić information content (AvgIpc) is 2.37. The van der Waals surface area contributed by atoms with Gasteiger partial charge in [-0.3, -0.25) is 9.69 Å². The first-order valence-corrected chi connectivity index (χ1v) is 7.03. The van der Waals surface area contributed by atoms with Crippen molar-refractivity contribution in [3.8, 4) is 0 Å². The second-order valence-electron chi connectivity index (χ2n) is 5.40. The number of anilines is 1. The molecule has 2 atom stereocenters. The van der Waals surface area contributed by atoms with E-state index in [-0.39, 0.29) is 18.1 Å². The van der Waals surface area contributed by atoms with Gasteiger partial charge in [-0.2, -0.15) is 0 Å². The number of ether oxygens (including phenoxy) is 1. The topological polar surface area (TPSA) is 67.6 Å². The van der Waals surface area contributed by atoms with Gasteiger partial charge < -0.3 is 15.8 Å². The standard InChI is InChI=1S/C15H23N3O2/c1-11-8-18(9-12(2)20-11)10-15(19)17-14-5-3-4-13(6-14)7-16/h3-6,11-12H,7-10,16H2,1-2H3,(H,17,19)/t11-,12+. The van der Waals surface area contributed by atoms with Crippen molar-refractivity contribution in [1.82, 2.24) is 4.90 Å². The molecule has 0 aromatic heterocycles. The number of morpholine rings is 1. The lowest BCUT2D eigenvalue weighted by molar-refractivity contribution is -0.121. The summed E-state index contributed by atoms with van der Waals surface area (Å²) in [6, 6.07) is 7.63. The Bertz CT molecular complexity index is 454. The molecule has 0 radical (unpaired) electrons. The second-order valence-corrected chi connectivity index (χ2v) is 5.40. The third-order valence-corrected chi connectivity index (χ3v) is 3.31. The summed E-state index contributed by atoms with van der Waals surface area (Å²) in [5.41, 5.74) is 7.40. The number of hydrogen-bond acceptors (Lipinski definition) is 4. The maximum Gasteiger partial charge on any atom is 0.238 e. The summed E-state index contributed by atoms with van der Waals surface area (Å²) >= 11 is 0. The highest BCUT2D eigenvalue weighted by molar-refractivity contribution is 5.92. The SMILES string of the molecule is C[C@@H]1CN(CC(=O)Nc2cccc(CN)c2)C[C@H](C)O1. The van der Waals surface area contributed by atoms with Gasteiger partial charge in [-0.15, -0.1) is 0 Å². The fourth-order valence-electron chi connectivity index (χ4n) is 2.59. The molecule has 5 nitrogen and oxygen atoms in total. The van der Waals surface area contributed by atoms with Gasteiger partial charge in [0.1, 0.15) is 0 Å². The highest BCUT2D eigenvalue weighted by Crippen LogP contribution is 2.12. The van der Waals surface area contributed by atoms with E-state index in [1.165, 1.54) is 0 Å². The third kappa shape index (κ3) is 4.30. The molecule has 1 aliphatic rings. The molecule has 1 aromatic rings. The van der Waals surface area contributed by atoms with Gasteiger partial charge in [0, 0.05) is 25.3 Å². The fraction of sp³-hybridized carbons (Fsp3) is 0.533. The summed E-state index contributed by atoms with van der Waals surface area (Å²) in [6.45, 7) is 6.52. The van der Waals surface area contributed by atoms with E-state index in [0.29, 0.717) is 13.1 Å². The van der Waals surface area contributed by atoms with Crippen LogP contribution in [-0.4, -0.2) is 42.6 Å². The zero-order chi connectivity index (χ0) is 14.5.